The van der Waals surface area contributed by atoms with Gasteiger partial charge >= 0.3 is 12.1 Å². The Bertz CT molecular complexity index is 1030. The fourth-order valence-electron chi connectivity index (χ4n) is 3.37. The number of rotatable bonds is 10. The van der Waals surface area contributed by atoms with Gasteiger partial charge in [-0.2, -0.15) is 0 Å². The van der Waals surface area contributed by atoms with Crippen LogP contribution in [0.15, 0.2) is 42.5 Å². The zero-order valence-corrected chi connectivity index (χ0v) is 20.0. The summed E-state index contributed by atoms with van der Waals surface area (Å²) in [6.07, 6.45) is -1.11. The third-order valence-electron chi connectivity index (χ3n) is 4.96. The minimum absolute atomic E-state index is 0.0453. The van der Waals surface area contributed by atoms with Crippen molar-refractivity contribution in [3.05, 3.63) is 48.0 Å². The highest BCUT2D eigenvalue weighted by Crippen LogP contribution is 2.18. The van der Waals surface area contributed by atoms with Crippen molar-refractivity contribution >= 4 is 34.6 Å². The Balaban J connectivity index is 1.91. The quantitative estimate of drug-likeness (QED) is 0.421. The molecule has 9 heteroatoms. The van der Waals surface area contributed by atoms with Gasteiger partial charge in [-0.1, -0.05) is 42.5 Å². The second-order valence-corrected chi connectivity index (χ2v) is 9.12. The molecule has 2 atom stereocenters. The van der Waals surface area contributed by atoms with Gasteiger partial charge in [-0.15, -0.1) is 0 Å². The van der Waals surface area contributed by atoms with E-state index in [9.17, 15) is 19.2 Å². The minimum atomic E-state index is -1.04. The Labute approximate surface area is 199 Å². The third kappa shape index (κ3) is 9.09. The van der Waals surface area contributed by atoms with Gasteiger partial charge in [0.1, 0.15) is 11.6 Å². The molecule has 2 aromatic rings. The summed E-state index contributed by atoms with van der Waals surface area (Å²) in [6.45, 7) is 6.96. The van der Waals surface area contributed by atoms with Gasteiger partial charge in [0.25, 0.3) is 0 Å². The highest BCUT2D eigenvalue weighted by Gasteiger charge is 2.23. The van der Waals surface area contributed by atoms with Gasteiger partial charge in [0.05, 0.1) is 0 Å². The summed E-state index contributed by atoms with van der Waals surface area (Å²) in [4.78, 5) is 48.0. The molecule has 0 fully saturated rings. The van der Waals surface area contributed by atoms with E-state index in [1.54, 1.807) is 27.7 Å². The number of benzene rings is 2. The Morgan fingerprint density at radius 3 is 2.35 bits per heavy atom. The van der Waals surface area contributed by atoms with Gasteiger partial charge in [-0.3, -0.25) is 14.4 Å². The average molecular weight is 472 g/mol. The van der Waals surface area contributed by atoms with Crippen LogP contribution < -0.4 is 16.0 Å². The smallest absolute Gasteiger partial charge is 0.407 e. The molecule has 0 aromatic heterocycles. The molecule has 2 aromatic carbocycles. The van der Waals surface area contributed by atoms with E-state index in [0.717, 1.165) is 16.3 Å². The molecule has 0 aliphatic heterocycles. The fraction of sp³-hybridized carbons (Fsp3) is 0.440. The van der Waals surface area contributed by atoms with Crippen molar-refractivity contribution in [3.63, 3.8) is 0 Å². The first-order valence-corrected chi connectivity index (χ1v) is 11.2. The number of amides is 3. The molecule has 0 heterocycles. The molecule has 0 saturated heterocycles. The number of nitrogens with one attached hydrogen (secondary N) is 3. The van der Waals surface area contributed by atoms with Crippen LogP contribution in [0.2, 0.25) is 0 Å². The highest BCUT2D eigenvalue weighted by molar-refractivity contribution is 5.89. The van der Waals surface area contributed by atoms with Crippen LogP contribution in [-0.4, -0.2) is 46.7 Å². The summed E-state index contributed by atoms with van der Waals surface area (Å²) < 4.78 is 5.19. The maximum atomic E-state index is 12.5. The molecule has 4 N–H and O–H groups in total. The topological polar surface area (TPSA) is 134 Å². The van der Waals surface area contributed by atoms with Gasteiger partial charge in [0.15, 0.2) is 0 Å². The van der Waals surface area contributed by atoms with Gasteiger partial charge in [-0.25, -0.2) is 4.79 Å². The summed E-state index contributed by atoms with van der Waals surface area (Å²) >= 11 is 0. The molecule has 0 saturated carbocycles. The molecule has 3 amide bonds. The van der Waals surface area contributed by atoms with Gasteiger partial charge < -0.3 is 25.8 Å². The summed E-state index contributed by atoms with van der Waals surface area (Å²) in [6, 6.07) is 12.1. The molecule has 0 bridgehead atoms. The summed E-state index contributed by atoms with van der Waals surface area (Å²) in [5.41, 5.74) is 0.223. The molecule has 0 spiro atoms. The van der Waals surface area contributed by atoms with Crippen molar-refractivity contribution < 1.29 is 29.0 Å². The zero-order chi connectivity index (χ0) is 25.3. The maximum absolute atomic E-state index is 12.5. The number of carboxylic acids is 1. The van der Waals surface area contributed by atoms with Crippen LogP contribution >= 0.6 is 0 Å². The lowest BCUT2D eigenvalue weighted by molar-refractivity contribution is -0.137. The van der Waals surface area contributed by atoms with Crippen LogP contribution in [-0.2, 0) is 25.7 Å². The SMILES string of the molecule is CC(NC(=O)CC(CCC(=O)O)NC(=O)OC(C)(C)C)C(=O)NCc1cccc2ccccc12. The normalized spacial score (nSPS) is 12.9. The highest BCUT2D eigenvalue weighted by atomic mass is 16.6. The van der Waals surface area contributed by atoms with E-state index in [0.29, 0.717) is 6.54 Å². The van der Waals surface area contributed by atoms with Crippen molar-refractivity contribution in [2.24, 2.45) is 0 Å². The van der Waals surface area contributed by atoms with E-state index in [-0.39, 0.29) is 25.2 Å². The lowest BCUT2D eigenvalue weighted by Gasteiger charge is -2.23. The predicted octanol–water partition coefficient (Wildman–Crippen LogP) is 3.11. The molecular weight excluding hydrogens is 438 g/mol. The maximum Gasteiger partial charge on any atom is 0.407 e. The second-order valence-electron chi connectivity index (χ2n) is 9.12. The first kappa shape index (κ1) is 26.6. The van der Waals surface area contributed by atoms with Crippen molar-refractivity contribution in [1.29, 1.82) is 0 Å². The monoisotopic (exact) mass is 471 g/mol. The number of carbonyl (C=O) groups excluding carboxylic acids is 3. The van der Waals surface area contributed by atoms with Crippen molar-refractivity contribution in [2.75, 3.05) is 0 Å². The first-order chi connectivity index (χ1) is 15.9. The molecule has 2 rings (SSSR count). The number of aliphatic carboxylic acids is 1. The van der Waals surface area contributed by atoms with Gasteiger partial charge in [-0.05, 0) is 50.5 Å². The number of alkyl carbamates (subject to hydrolysis) is 1. The molecule has 9 nitrogen and oxygen atoms in total. The van der Waals surface area contributed by atoms with Crippen LogP contribution in [0, 0.1) is 0 Å². The number of ether oxygens (including phenoxy) is 1. The van der Waals surface area contributed by atoms with Gasteiger partial charge in [0.2, 0.25) is 11.8 Å². The van der Waals surface area contributed by atoms with E-state index in [1.165, 1.54) is 0 Å². The molecule has 34 heavy (non-hydrogen) atoms. The first-order valence-electron chi connectivity index (χ1n) is 11.2. The Morgan fingerprint density at radius 1 is 1.00 bits per heavy atom. The van der Waals surface area contributed by atoms with Crippen LogP contribution in [0.3, 0.4) is 0 Å². The summed E-state index contributed by atoms with van der Waals surface area (Å²) in [5.74, 6) is -1.89. The van der Waals surface area contributed by atoms with E-state index >= 15 is 0 Å². The van der Waals surface area contributed by atoms with Crippen molar-refractivity contribution in [2.45, 2.75) is 71.2 Å². The number of hydrogen-bond donors (Lipinski definition) is 4. The number of fused-ring (bicyclic) bond motifs is 1. The third-order valence-corrected chi connectivity index (χ3v) is 4.96. The molecular formula is C25H33N3O6. The molecule has 0 aliphatic rings. The zero-order valence-electron chi connectivity index (χ0n) is 20.0. The standard InChI is InChI=1S/C25H33N3O6/c1-16(23(32)26-15-18-10-7-9-17-8-5-6-11-20(17)18)27-21(29)14-19(12-13-22(30)31)28-24(33)34-25(2,3)4/h5-11,16,19H,12-15H2,1-4H3,(H,26,32)(H,27,29)(H,28,33)(H,30,31). The Kier molecular flexibility index (Phi) is 9.41. The Hall–Kier alpha value is -3.62. The molecule has 0 radical (unpaired) electrons. The lowest BCUT2D eigenvalue weighted by Crippen LogP contribution is -2.47. The summed E-state index contributed by atoms with van der Waals surface area (Å²) in [5, 5.41) is 19.0. The summed E-state index contributed by atoms with van der Waals surface area (Å²) in [7, 11) is 0. The van der Waals surface area contributed by atoms with Crippen LogP contribution in [0.25, 0.3) is 10.8 Å². The lowest BCUT2D eigenvalue weighted by atomic mass is 10.0. The fourth-order valence-corrected chi connectivity index (χ4v) is 3.37. The number of hydrogen-bond acceptors (Lipinski definition) is 5. The largest absolute Gasteiger partial charge is 0.481 e. The van der Waals surface area contributed by atoms with E-state index < -0.39 is 35.7 Å². The van der Waals surface area contributed by atoms with E-state index in [4.69, 9.17) is 9.84 Å². The number of carbonyl (C=O) groups is 4. The Morgan fingerprint density at radius 2 is 1.68 bits per heavy atom. The van der Waals surface area contributed by atoms with E-state index in [1.807, 2.05) is 42.5 Å². The predicted molar refractivity (Wildman–Crippen MR) is 128 cm³/mol. The van der Waals surface area contributed by atoms with Gasteiger partial charge in [0, 0.05) is 25.4 Å². The van der Waals surface area contributed by atoms with Crippen LogP contribution in [0.5, 0.6) is 0 Å². The minimum Gasteiger partial charge on any atom is -0.481 e. The van der Waals surface area contributed by atoms with Crippen LogP contribution in [0.1, 0.15) is 52.5 Å². The van der Waals surface area contributed by atoms with Crippen LogP contribution in [0.4, 0.5) is 4.79 Å². The number of carboxylic acid groups (broad SMARTS) is 1. The van der Waals surface area contributed by atoms with E-state index in [2.05, 4.69) is 16.0 Å². The second kappa shape index (κ2) is 12.0. The average Bonchev–Trinajstić information content (AvgIpc) is 2.74. The molecule has 0 aliphatic carbocycles. The van der Waals surface area contributed by atoms with Crippen molar-refractivity contribution in [3.8, 4) is 0 Å². The molecule has 2 unspecified atom stereocenters. The molecule has 184 valence electrons. The van der Waals surface area contributed by atoms with Crippen molar-refractivity contribution in [1.82, 2.24) is 16.0 Å².